The first-order chi connectivity index (χ1) is 10.5. The molecule has 122 valence electrons. The number of aryl methyl sites for hydroxylation is 1. The van der Waals surface area contributed by atoms with E-state index in [0.717, 1.165) is 24.3 Å². The van der Waals surface area contributed by atoms with Gasteiger partial charge < -0.3 is 16.0 Å². The molecular weight excluding hydrogens is 278 g/mol. The molecule has 2 unspecified atom stereocenters. The van der Waals surface area contributed by atoms with E-state index in [2.05, 4.69) is 17.3 Å². The lowest BCUT2D eigenvalue weighted by Gasteiger charge is -2.57. The molecule has 1 aromatic rings. The van der Waals surface area contributed by atoms with Gasteiger partial charge in [0.1, 0.15) is 0 Å². The highest BCUT2D eigenvalue weighted by molar-refractivity contribution is 5.94. The number of nitrogens with zero attached hydrogens (tertiary/aromatic N) is 3. The monoisotopic (exact) mass is 305 g/mol. The zero-order valence-corrected chi connectivity index (χ0v) is 13.9. The van der Waals surface area contributed by atoms with Gasteiger partial charge in [0.15, 0.2) is 5.69 Å². The Morgan fingerprint density at radius 1 is 1.55 bits per heavy atom. The number of rotatable bonds is 4. The van der Waals surface area contributed by atoms with Gasteiger partial charge >= 0.3 is 0 Å². The second kappa shape index (κ2) is 5.66. The molecular formula is C16H27N5O. The van der Waals surface area contributed by atoms with Crippen molar-refractivity contribution in [3.05, 3.63) is 17.5 Å². The third-order valence-electron chi connectivity index (χ3n) is 5.69. The zero-order chi connectivity index (χ0) is 16.0. The second-order valence-electron chi connectivity index (χ2n) is 6.88. The van der Waals surface area contributed by atoms with E-state index in [4.69, 9.17) is 5.73 Å². The molecule has 2 aliphatic heterocycles. The fraction of sp³-hybridized carbons (Fsp3) is 0.750. The lowest BCUT2D eigenvalue weighted by molar-refractivity contribution is -0.0518. The number of aromatic nitrogens is 2. The number of hydrogen-bond donors (Lipinski definition) is 2. The van der Waals surface area contributed by atoms with Crippen molar-refractivity contribution >= 4 is 5.91 Å². The van der Waals surface area contributed by atoms with Crippen LogP contribution in [0.25, 0.3) is 0 Å². The minimum absolute atomic E-state index is 0.0446. The highest BCUT2D eigenvalue weighted by Crippen LogP contribution is 2.46. The van der Waals surface area contributed by atoms with Crippen LogP contribution in [-0.2, 0) is 7.05 Å². The molecule has 1 aliphatic carbocycles. The van der Waals surface area contributed by atoms with Gasteiger partial charge in [-0.25, -0.2) is 0 Å². The molecule has 22 heavy (non-hydrogen) atoms. The Labute approximate surface area is 132 Å². The normalized spacial score (nSPS) is 31.8. The van der Waals surface area contributed by atoms with Crippen LogP contribution in [0.2, 0.25) is 0 Å². The molecule has 4 rings (SSSR count). The Hall–Kier alpha value is -1.40. The molecule has 2 saturated heterocycles. The average Bonchev–Trinajstić information content (AvgIpc) is 2.85. The molecule has 3 N–H and O–H groups in total. The van der Waals surface area contributed by atoms with Crippen molar-refractivity contribution in [3.63, 3.8) is 0 Å². The van der Waals surface area contributed by atoms with Gasteiger partial charge in [-0.15, -0.1) is 0 Å². The number of nitrogens with one attached hydrogen (secondary N) is 1. The predicted molar refractivity (Wildman–Crippen MR) is 85.4 cm³/mol. The first kappa shape index (κ1) is 15.5. The standard InChI is InChI=1S/C16H27N5O/c1-9-11-5-12(6-11)21(14(9)7-17)16(22)15-13(10(2)18-3)8-20(4)19-15/h8-12,14,18H,5-7,17H2,1-4H3/t9?,10-,11?,12?,14?/m0/s1. The summed E-state index contributed by atoms with van der Waals surface area (Å²) in [5.74, 6) is 1.26. The van der Waals surface area contributed by atoms with E-state index in [1.807, 2.05) is 32.1 Å². The summed E-state index contributed by atoms with van der Waals surface area (Å²) in [5, 5.41) is 7.64. The molecule has 3 atom stereocenters. The van der Waals surface area contributed by atoms with Crippen LogP contribution in [0, 0.1) is 11.8 Å². The maximum atomic E-state index is 13.2. The van der Waals surface area contributed by atoms with Crippen molar-refractivity contribution in [2.45, 2.75) is 44.8 Å². The summed E-state index contributed by atoms with van der Waals surface area (Å²) in [4.78, 5) is 15.2. The number of carbonyl (C=O) groups is 1. The van der Waals surface area contributed by atoms with E-state index < -0.39 is 0 Å². The molecule has 0 aromatic carbocycles. The summed E-state index contributed by atoms with van der Waals surface area (Å²) in [5.41, 5.74) is 7.51. The molecule has 3 aliphatic rings. The Morgan fingerprint density at radius 3 is 2.82 bits per heavy atom. The van der Waals surface area contributed by atoms with Crippen molar-refractivity contribution in [3.8, 4) is 0 Å². The SMILES string of the molecule is CN[C@@H](C)c1cn(C)nc1C(=O)N1C2CC(C2)C(C)C1CN. The van der Waals surface area contributed by atoms with E-state index in [1.54, 1.807) is 4.68 Å². The van der Waals surface area contributed by atoms with Crippen molar-refractivity contribution < 1.29 is 4.79 Å². The lowest BCUT2D eigenvalue weighted by Crippen LogP contribution is -2.65. The maximum absolute atomic E-state index is 13.2. The lowest BCUT2D eigenvalue weighted by atomic mass is 9.64. The minimum atomic E-state index is 0.0446. The van der Waals surface area contributed by atoms with Crippen molar-refractivity contribution in [2.24, 2.45) is 24.6 Å². The van der Waals surface area contributed by atoms with E-state index in [0.29, 0.717) is 24.2 Å². The van der Waals surface area contributed by atoms with Crippen molar-refractivity contribution in [2.75, 3.05) is 13.6 Å². The third kappa shape index (κ3) is 2.25. The van der Waals surface area contributed by atoms with Gasteiger partial charge in [-0.2, -0.15) is 5.10 Å². The van der Waals surface area contributed by atoms with Crippen molar-refractivity contribution in [1.29, 1.82) is 0 Å². The largest absolute Gasteiger partial charge is 0.330 e. The smallest absolute Gasteiger partial charge is 0.275 e. The Balaban J connectivity index is 1.93. The summed E-state index contributed by atoms with van der Waals surface area (Å²) < 4.78 is 1.73. The maximum Gasteiger partial charge on any atom is 0.275 e. The summed E-state index contributed by atoms with van der Waals surface area (Å²) >= 11 is 0. The first-order valence-corrected chi connectivity index (χ1v) is 8.21. The summed E-state index contributed by atoms with van der Waals surface area (Å²) in [6.45, 7) is 4.81. The number of fused-ring (bicyclic) bond motifs is 2. The molecule has 2 bridgehead atoms. The Bertz CT molecular complexity index is 563. The molecule has 3 fully saturated rings. The van der Waals surface area contributed by atoms with Crippen LogP contribution in [0.15, 0.2) is 6.20 Å². The van der Waals surface area contributed by atoms with Crippen LogP contribution in [-0.4, -0.2) is 46.3 Å². The molecule has 1 amide bonds. The Kier molecular flexibility index (Phi) is 3.99. The number of piperidine rings is 2. The number of hydrogen-bond acceptors (Lipinski definition) is 4. The van der Waals surface area contributed by atoms with E-state index in [9.17, 15) is 4.79 Å². The number of nitrogens with two attached hydrogens (primary N) is 1. The fourth-order valence-corrected chi connectivity index (χ4v) is 4.04. The molecule has 0 radical (unpaired) electrons. The van der Waals surface area contributed by atoms with Gasteiger partial charge in [0.2, 0.25) is 0 Å². The minimum Gasteiger partial charge on any atom is -0.330 e. The summed E-state index contributed by atoms with van der Waals surface area (Å²) in [6, 6.07) is 0.590. The van der Waals surface area contributed by atoms with Gasteiger partial charge in [-0.05, 0) is 38.6 Å². The molecule has 1 saturated carbocycles. The van der Waals surface area contributed by atoms with Crippen LogP contribution >= 0.6 is 0 Å². The second-order valence-corrected chi connectivity index (χ2v) is 6.88. The predicted octanol–water partition coefficient (Wildman–Crippen LogP) is 0.898. The topological polar surface area (TPSA) is 76.2 Å². The first-order valence-electron chi connectivity index (χ1n) is 8.21. The molecule has 1 aromatic heterocycles. The van der Waals surface area contributed by atoms with Gasteiger partial charge in [0, 0.05) is 43.5 Å². The quantitative estimate of drug-likeness (QED) is 0.866. The van der Waals surface area contributed by atoms with Crippen LogP contribution in [0.3, 0.4) is 0 Å². The fourth-order valence-electron chi connectivity index (χ4n) is 4.04. The van der Waals surface area contributed by atoms with Crippen LogP contribution < -0.4 is 11.1 Å². The third-order valence-corrected chi connectivity index (χ3v) is 5.69. The molecule has 6 heteroatoms. The molecule has 0 spiro atoms. The zero-order valence-electron chi connectivity index (χ0n) is 13.9. The van der Waals surface area contributed by atoms with Gasteiger partial charge in [-0.1, -0.05) is 6.92 Å². The Morgan fingerprint density at radius 2 is 2.23 bits per heavy atom. The van der Waals surface area contributed by atoms with Gasteiger partial charge in [0.25, 0.3) is 5.91 Å². The summed E-state index contributed by atoms with van der Waals surface area (Å²) in [7, 11) is 3.76. The van der Waals surface area contributed by atoms with E-state index in [-0.39, 0.29) is 18.0 Å². The van der Waals surface area contributed by atoms with Gasteiger partial charge in [-0.3, -0.25) is 9.48 Å². The van der Waals surface area contributed by atoms with Crippen LogP contribution in [0.4, 0.5) is 0 Å². The van der Waals surface area contributed by atoms with E-state index >= 15 is 0 Å². The molecule has 3 heterocycles. The highest BCUT2D eigenvalue weighted by atomic mass is 16.2. The van der Waals surface area contributed by atoms with Crippen LogP contribution in [0.1, 0.15) is 48.8 Å². The molecule has 6 nitrogen and oxygen atoms in total. The van der Waals surface area contributed by atoms with E-state index in [1.165, 1.54) is 0 Å². The van der Waals surface area contributed by atoms with Gasteiger partial charge in [0.05, 0.1) is 0 Å². The number of amides is 1. The highest BCUT2D eigenvalue weighted by Gasteiger charge is 2.50. The average molecular weight is 305 g/mol. The van der Waals surface area contributed by atoms with Crippen LogP contribution in [0.5, 0.6) is 0 Å². The number of carbonyl (C=O) groups excluding carboxylic acids is 1. The summed E-state index contributed by atoms with van der Waals surface area (Å²) in [6.07, 6.45) is 4.17. The van der Waals surface area contributed by atoms with Crippen molar-refractivity contribution in [1.82, 2.24) is 20.0 Å².